The predicted octanol–water partition coefficient (Wildman–Crippen LogP) is 6.48. The lowest BCUT2D eigenvalue weighted by Crippen LogP contribution is -2.14. The van der Waals surface area contributed by atoms with Gasteiger partial charge in [-0.3, -0.25) is 9.59 Å². The molecule has 0 atom stereocenters. The molecule has 6 heteroatoms. The molecule has 1 amide bonds. The van der Waals surface area contributed by atoms with E-state index in [1.165, 1.54) is 0 Å². The first-order valence-corrected chi connectivity index (χ1v) is 10.9. The maximum Gasteiger partial charge on any atom is 0.255 e. The van der Waals surface area contributed by atoms with Crippen molar-refractivity contribution in [2.24, 2.45) is 0 Å². The van der Waals surface area contributed by atoms with Crippen molar-refractivity contribution in [3.05, 3.63) is 94.6 Å². The number of carbonyl (C=O) groups excluding carboxylic acids is 2. The number of amides is 1. The fraction of sp³-hybridized carbons (Fsp3) is 0.154. The third-order valence-electron chi connectivity index (χ3n) is 5.15. The molecular weight excluding hydrogens is 424 g/mol. The first-order chi connectivity index (χ1) is 15.6. The molecule has 0 saturated carbocycles. The van der Waals surface area contributed by atoms with Crippen molar-refractivity contribution in [2.75, 3.05) is 11.9 Å². The molecule has 32 heavy (non-hydrogen) atoms. The molecule has 0 saturated heterocycles. The van der Waals surface area contributed by atoms with Crippen molar-refractivity contribution < 1.29 is 14.3 Å². The third kappa shape index (κ3) is 4.68. The number of unbranched alkanes of at least 4 members (excludes halogenated alkanes) is 1. The molecule has 4 rings (SSSR count). The molecule has 2 N–H and O–H groups in total. The Balaban J connectivity index is 1.64. The minimum Gasteiger partial charge on any atom is -0.494 e. The summed E-state index contributed by atoms with van der Waals surface area (Å²) in [5.41, 5.74) is 2.40. The highest BCUT2D eigenvalue weighted by Gasteiger charge is 2.21. The Labute approximate surface area is 191 Å². The van der Waals surface area contributed by atoms with Crippen LogP contribution in [-0.2, 0) is 0 Å². The zero-order valence-corrected chi connectivity index (χ0v) is 18.4. The van der Waals surface area contributed by atoms with Gasteiger partial charge in [0.05, 0.1) is 12.3 Å². The van der Waals surface area contributed by atoms with Crippen molar-refractivity contribution in [1.29, 1.82) is 0 Å². The van der Waals surface area contributed by atoms with Crippen LogP contribution in [0.3, 0.4) is 0 Å². The van der Waals surface area contributed by atoms with Crippen LogP contribution >= 0.6 is 11.6 Å². The van der Waals surface area contributed by atoms with Crippen LogP contribution in [-0.4, -0.2) is 23.3 Å². The van der Waals surface area contributed by atoms with Gasteiger partial charge in [0.25, 0.3) is 5.91 Å². The molecular formula is C26H23ClN2O3. The first kappa shape index (κ1) is 21.7. The molecule has 0 radical (unpaired) electrons. The summed E-state index contributed by atoms with van der Waals surface area (Å²) < 4.78 is 5.66. The number of hydrogen-bond donors (Lipinski definition) is 2. The summed E-state index contributed by atoms with van der Waals surface area (Å²) in [5, 5.41) is 4.16. The number of benzene rings is 3. The number of ether oxygens (including phenoxy) is 1. The summed E-state index contributed by atoms with van der Waals surface area (Å²) in [7, 11) is 0. The van der Waals surface area contributed by atoms with Gasteiger partial charge in [-0.25, -0.2) is 0 Å². The Morgan fingerprint density at radius 1 is 0.969 bits per heavy atom. The number of H-pyrrole nitrogens is 1. The van der Waals surface area contributed by atoms with E-state index in [9.17, 15) is 9.59 Å². The summed E-state index contributed by atoms with van der Waals surface area (Å²) >= 11 is 6.13. The van der Waals surface area contributed by atoms with E-state index in [2.05, 4.69) is 17.2 Å². The van der Waals surface area contributed by atoms with Crippen LogP contribution in [0, 0.1) is 0 Å². The molecule has 1 aromatic heterocycles. The van der Waals surface area contributed by atoms with Crippen molar-refractivity contribution in [2.45, 2.75) is 19.8 Å². The van der Waals surface area contributed by atoms with E-state index in [0.29, 0.717) is 45.0 Å². The van der Waals surface area contributed by atoms with Crippen LogP contribution in [0.5, 0.6) is 5.75 Å². The van der Waals surface area contributed by atoms with Crippen molar-refractivity contribution >= 4 is 39.9 Å². The van der Waals surface area contributed by atoms with Crippen molar-refractivity contribution in [1.82, 2.24) is 4.98 Å². The Kier molecular flexibility index (Phi) is 6.57. The van der Waals surface area contributed by atoms with E-state index in [1.54, 1.807) is 66.7 Å². The zero-order chi connectivity index (χ0) is 22.5. The molecule has 3 aromatic carbocycles. The number of halogens is 1. The highest BCUT2D eigenvalue weighted by Crippen LogP contribution is 2.32. The number of carbonyl (C=O) groups is 2. The lowest BCUT2D eigenvalue weighted by Gasteiger charge is -2.09. The number of aromatic nitrogens is 1. The second kappa shape index (κ2) is 9.71. The van der Waals surface area contributed by atoms with Gasteiger partial charge in [-0.1, -0.05) is 55.3 Å². The van der Waals surface area contributed by atoms with Gasteiger partial charge in [0.1, 0.15) is 11.4 Å². The van der Waals surface area contributed by atoms with Gasteiger partial charge in [-0.2, -0.15) is 0 Å². The van der Waals surface area contributed by atoms with Crippen LogP contribution < -0.4 is 10.1 Å². The van der Waals surface area contributed by atoms with Crippen LogP contribution in [0.25, 0.3) is 10.9 Å². The molecule has 0 aliphatic carbocycles. The molecule has 4 aromatic rings. The van der Waals surface area contributed by atoms with Crippen molar-refractivity contribution in [3.8, 4) is 5.75 Å². The van der Waals surface area contributed by atoms with E-state index in [1.807, 2.05) is 6.07 Å². The summed E-state index contributed by atoms with van der Waals surface area (Å²) in [6.07, 6.45) is 2.03. The highest BCUT2D eigenvalue weighted by atomic mass is 35.5. The Bertz CT molecular complexity index is 1250. The third-order valence-corrected chi connectivity index (χ3v) is 5.38. The molecule has 0 aliphatic heterocycles. The van der Waals surface area contributed by atoms with Crippen LogP contribution in [0.15, 0.2) is 72.8 Å². The van der Waals surface area contributed by atoms with E-state index in [-0.39, 0.29) is 11.7 Å². The highest BCUT2D eigenvalue weighted by molar-refractivity contribution is 6.31. The summed E-state index contributed by atoms with van der Waals surface area (Å²) in [5.74, 6) is 0.188. The maximum atomic E-state index is 13.2. The van der Waals surface area contributed by atoms with Crippen LogP contribution in [0.1, 0.15) is 46.2 Å². The lowest BCUT2D eigenvalue weighted by atomic mass is 10.1. The van der Waals surface area contributed by atoms with Crippen molar-refractivity contribution in [3.63, 3.8) is 0 Å². The fourth-order valence-electron chi connectivity index (χ4n) is 3.43. The quantitative estimate of drug-likeness (QED) is 0.240. The van der Waals surface area contributed by atoms with Crippen LogP contribution in [0.4, 0.5) is 5.69 Å². The minimum absolute atomic E-state index is 0.215. The van der Waals surface area contributed by atoms with E-state index in [0.717, 1.165) is 18.6 Å². The minimum atomic E-state index is -0.317. The Hall–Kier alpha value is -3.57. The number of rotatable bonds is 8. The topological polar surface area (TPSA) is 71.2 Å². The number of anilines is 1. The predicted molar refractivity (Wildman–Crippen MR) is 128 cm³/mol. The Morgan fingerprint density at radius 2 is 1.72 bits per heavy atom. The maximum absolute atomic E-state index is 13.2. The molecule has 0 spiro atoms. The van der Waals surface area contributed by atoms with Gasteiger partial charge in [0.15, 0.2) is 0 Å². The van der Waals surface area contributed by atoms with Gasteiger partial charge in [0.2, 0.25) is 5.78 Å². The van der Waals surface area contributed by atoms with Gasteiger partial charge in [0, 0.05) is 27.1 Å². The standard InChI is InChI=1S/C26H23ClN2O3/c1-2-3-15-32-20-12-9-18(10-13-20)26(31)29-23-21-14-11-19(27)16-22(21)28-24(23)25(30)17-7-5-4-6-8-17/h4-14,16,28H,2-3,15H2,1H3,(H,29,31). The number of hydrogen-bond acceptors (Lipinski definition) is 3. The second-order valence-electron chi connectivity index (χ2n) is 7.44. The average molecular weight is 447 g/mol. The number of nitrogens with one attached hydrogen (secondary N) is 2. The van der Waals surface area contributed by atoms with Gasteiger partial charge >= 0.3 is 0 Å². The zero-order valence-electron chi connectivity index (χ0n) is 17.7. The van der Waals surface area contributed by atoms with Gasteiger partial charge in [-0.15, -0.1) is 0 Å². The molecule has 0 aliphatic rings. The molecule has 0 unspecified atom stereocenters. The SMILES string of the molecule is CCCCOc1ccc(C(=O)Nc2c(C(=O)c3ccccc3)[nH]c3cc(Cl)ccc23)cc1. The number of aromatic amines is 1. The second-order valence-corrected chi connectivity index (χ2v) is 7.88. The average Bonchev–Trinajstić information content (AvgIpc) is 3.17. The molecule has 1 heterocycles. The van der Waals surface area contributed by atoms with E-state index < -0.39 is 0 Å². The number of fused-ring (bicyclic) bond motifs is 1. The van der Waals surface area contributed by atoms with E-state index >= 15 is 0 Å². The summed E-state index contributed by atoms with van der Waals surface area (Å²) in [6.45, 7) is 2.75. The van der Waals surface area contributed by atoms with Crippen LogP contribution in [0.2, 0.25) is 5.02 Å². The molecule has 5 nitrogen and oxygen atoms in total. The molecule has 0 fully saturated rings. The largest absolute Gasteiger partial charge is 0.494 e. The van der Waals surface area contributed by atoms with Gasteiger partial charge < -0.3 is 15.0 Å². The summed E-state index contributed by atoms with van der Waals surface area (Å²) in [6, 6.07) is 21.1. The molecule has 162 valence electrons. The van der Waals surface area contributed by atoms with Gasteiger partial charge in [-0.05, 0) is 48.9 Å². The normalized spacial score (nSPS) is 10.8. The Morgan fingerprint density at radius 3 is 2.44 bits per heavy atom. The monoisotopic (exact) mass is 446 g/mol. The lowest BCUT2D eigenvalue weighted by molar-refractivity contribution is 0.102. The fourth-order valence-corrected chi connectivity index (χ4v) is 3.60. The van der Waals surface area contributed by atoms with E-state index in [4.69, 9.17) is 16.3 Å². The number of ketones is 1. The smallest absolute Gasteiger partial charge is 0.255 e. The summed E-state index contributed by atoms with van der Waals surface area (Å²) in [4.78, 5) is 29.3. The molecule has 0 bridgehead atoms. The first-order valence-electron chi connectivity index (χ1n) is 10.5.